The van der Waals surface area contributed by atoms with Crippen LogP contribution in [-0.4, -0.2) is 25.0 Å². The third-order valence-electron chi connectivity index (χ3n) is 20.9. The van der Waals surface area contributed by atoms with E-state index in [0.29, 0.717) is 44.0 Å². The lowest BCUT2D eigenvalue weighted by Crippen LogP contribution is -2.60. The van der Waals surface area contributed by atoms with Gasteiger partial charge in [0, 0.05) is 65.6 Å². The quantitative estimate of drug-likeness (QED) is 0.157. The van der Waals surface area contributed by atoms with Crippen LogP contribution in [0.15, 0.2) is 327 Å². The normalized spacial score (nSPS) is 14.8. The highest BCUT2D eigenvalue weighted by molar-refractivity contribution is 7.00. The molecule has 0 fully saturated rings. The SMILES string of the molecule is [2H]c1c([2H])c([2H])c2c(c1[2H])c1c([2H])c([2H])c([2H])c([2H])c1n2-c1ccc2c3c1c1ccccc1c1ccccc1c1cccc(-c4ccccc4)c1n3-c1cc(C(C)(C)C)cc3c1B2c1ccc(-n2c4c([2H])c([2H])c([2H])c([2H])c4c4c([2H])c([2H])c([2H])c([2H])c42)c2c4ccccc4c4ccccc4c4cccc(-c5ccccc5)c4n-3c12. The zero-order valence-electron chi connectivity index (χ0n) is 69.8. The molecule has 21 rings (SSSR count). The molecular formula is C94H63BN4. The first-order valence-electron chi connectivity index (χ1n) is 41.4. The van der Waals surface area contributed by atoms with Crippen molar-refractivity contribution in [2.45, 2.75) is 26.2 Å². The largest absolute Gasteiger partial charge is 0.309 e. The molecule has 0 saturated carbocycles. The first-order valence-corrected chi connectivity index (χ1v) is 33.4. The fourth-order valence-electron chi connectivity index (χ4n) is 16.8. The highest BCUT2D eigenvalue weighted by Gasteiger charge is 2.42. The van der Waals surface area contributed by atoms with Crippen LogP contribution in [0, 0.1) is 0 Å². The summed E-state index contributed by atoms with van der Waals surface area (Å²) in [6.45, 7) is 5.75. The Labute approximate surface area is 594 Å². The first-order chi connectivity index (χ1) is 55.5. The lowest BCUT2D eigenvalue weighted by molar-refractivity contribution is 0.589. The van der Waals surface area contributed by atoms with E-state index in [1.54, 1.807) is 9.13 Å². The lowest BCUT2D eigenvalue weighted by atomic mass is 9.34. The summed E-state index contributed by atoms with van der Waals surface area (Å²) >= 11 is 0. The van der Waals surface area contributed by atoms with Gasteiger partial charge < -0.3 is 18.3 Å². The van der Waals surface area contributed by atoms with E-state index in [0.717, 1.165) is 110 Å². The minimum absolute atomic E-state index is 0.0546. The maximum absolute atomic E-state index is 10.1. The summed E-state index contributed by atoms with van der Waals surface area (Å²) in [5, 5.41) is 8.96. The Morgan fingerprint density at radius 2 is 0.586 bits per heavy atom. The summed E-state index contributed by atoms with van der Waals surface area (Å²) in [5.41, 5.74) is 10.9. The third kappa shape index (κ3) is 7.87. The number of rotatable bonds is 4. The molecule has 0 radical (unpaired) electrons. The molecule has 5 heteroatoms. The monoisotopic (exact) mass is 1270 g/mol. The van der Waals surface area contributed by atoms with Crippen molar-refractivity contribution in [2.24, 2.45) is 0 Å². The van der Waals surface area contributed by atoms with Gasteiger partial charge in [-0.05, 0) is 130 Å². The van der Waals surface area contributed by atoms with E-state index >= 15 is 0 Å². The van der Waals surface area contributed by atoms with Gasteiger partial charge in [0.1, 0.15) is 0 Å². The molecule has 99 heavy (non-hydrogen) atoms. The van der Waals surface area contributed by atoms with E-state index in [1.807, 2.05) is 97.1 Å². The van der Waals surface area contributed by atoms with Gasteiger partial charge in [-0.15, -0.1) is 0 Å². The number of aromatic nitrogens is 4. The average Bonchev–Trinajstić information content (AvgIpc) is 1.63. The second kappa shape index (κ2) is 21.0. The smallest absolute Gasteiger partial charge is 0.252 e. The van der Waals surface area contributed by atoms with Crippen LogP contribution in [-0.2, 0) is 5.41 Å². The Hall–Kier alpha value is -12.4. The Bertz CT molecular complexity index is 7310. The van der Waals surface area contributed by atoms with Crippen molar-refractivity contribution in [1.82, 2.24) is 18.3 Å². The molecule has 0 amide bonds. The predicted octanol–water partition coefficient (Wildman–Crippen LogP) is 22.7. The van der Waals surface area contributed by atoms with Gasteiger partial charge in [-0.2, -0.15) is 0 Å². The molecule has 15 aromatic carbocycles. The van der Waals surface area contributed by atoms with Crippen molar-refractivity contribution in [1.29, 1.82) is 0 Å². The maximum atomic E-state index is 10.1. The number of nitrogens with zero attached hydrogens (tertiary/aromatic N) is 4. The molecule has 4 nitrogen and oxygen atoms in total. The molecule has 2 aliphatic heterocycles. The number of fused-ring (bicyclic) bond motifs is 24. The van der Waals surface area contributed by atoms with Crippen LogP contribution in [0.1, 0.15) is 48.3 Å². The molecule has 0 N–H and O–H groups in total. The Kier molecular flexibility index (Phi) is 8.96. The number of para-hydroxylation sites is 6. The Balaban J connectivity index is 1.12. The third-order valence-corrected chi connectivity index (χ3v) is 20.9. The van der Waals surface area contributed by atoms with Gasteiger partial charge in [-0.3, -0.25) is 0 Å². The molecule has 0 saturated heterocycles. The predicted molar refractivity (Wildman–Crippen MR) is 423 cm³/mol. The van der Waals surface area contributed by atoms with Crippen LogP contribution >= 0.6 is 0 Å². The van der Waals surface area contributed by atoms with E-state index in [9.17, 15) is 21.9 Å². The van der Waals surface area contributed by atoms with Crippen LogP contribution in [0.2, 0.25) is 0 Å². The summed E-state index contributed by atoms with van der Waals surface area (Å²) in [5.74, 6) is 0. The fraction of sp³-hybridized carbons (Fsp3) is 0.0426. The second-order valence-corrected chi connectivity index (χ2v) is 27.0. The van der Waals surface area contributed by atoms with Gasteiger partial charge in [-0.1, -0.05) is 300 Å². The van der Waals surface area contributed by atoms with Crippen LogP contribution in [0.3, 0.4) is 0 Å². The number of benzene rings is 15. The molecular weight excluding hydrogens is 1200 g/mol. The highest BCUT2D eigenvalue weighted by Crippen LogP contribution is 2.48. The van der Waals surface area contributed by atoms with Gasteiger partial charge in [0.15, 0.2) is 0 Å². The van der Waals surface area contributed by atoms with Crippen LogP contribution in [0.25, 0.3) is 175 Å². The fourth-order valence-corrected chi connectivity index (χ4v) is 16.8. The minimum Gasteiger partial charge on any atom is -0.309 e. The number of hydrogen-bond donors (Lipinski definition) is 0. The molecule has 0 atom stereocenters. The highest BCUT2D eigenvalue weighted by atomic mass is 15.1. The molecule has 2 aliphatic rings. The van der Waals surface area contributed by atoms with E-state index in [4.69, 9.17) is 0 Å². The molecule has 0 unspecified atom stereocenters. The summed E-state index contributed by atoms with van der Waals surface area (Å²) in [6, 6.07) is 70.6. The van der Waals surface area contributed by atoms with Gasteiger partial charge in [0.2, 0.25) is 0 Å². The van der Waals surface area contributed by atoms with Gasteiger partial charge in [0.25, 0.3) is 6.71 Å². The molecule has 4 aromatic heterocycles. The summed E-state index contributed by atoms with van der Waals surface area (Å²) in [7, 11) is 0. The van der Waals surface area contributed by atoms with Crippen molar-refractivity contribution < 1.29 is 21.9 Å². The molecule has 0 bridgehead atoms. The van der Waals surface area contributed by atoms with Crippen molar-refractivity contribution in [2.75, 3.05) is 0 Å². The van der Waals surface area contributed by atoms with Crippen LogP contribution < -0.4 is 16.4 Å². The molecule has 0 aliphatic carbocycles. The van der Waals surface area contributed by atoms with Gasteiger partial charge >= 0.3 is 0 Å². The van der Waals surface area contributed by atoms with Crippen molar-refractivity contribution in [3.05, 3.63) is 333 Å². The van der Waals surface area contributed by atoms with E-state index < -0.39 is 109 Å². The minimum atomic E-state index is -0.831. The van der Waals surface area contributed by atoms with Gasteiger partial charge in [-0.25, -0.2) is 0 Å². The molecule has 6 heterocycles. The maximum Gasteiger partial charge on any atom is 0.252 e. The van der Waals surface area contributed by atoms with Crippen LogP contribution in [0.4, 0.5) is 0 Å². The molecule has 19 aromatic rings. The van der Waals surface area contributed by atoms with E-state index in [-0.39, 0.29) is 43.6 Å². The lowest BCUT2D eigenvalue weighted by Gasteiger charge is -2.38. The van der Waals surface area contributed by atoms with Crippen molar-refractivity contribution in [3.8, 4) is 45.0 Å². The Morgan fingerprint density at radius 3 is 0.949 bits per heavy atom. The average molecular weight is 1280 g/mol. The van der Waals surface area contributed by atoms with E-state index in [1.165, 1.54) is 0 Å². The van der Waals surface area contributed by atoms with Crippen LogP contribution in [0.5, 0.6) is 0 Å². The summed E-state index contributed by atoms with van der Waals surface area (Å²) < 4.78 is 163. The topological polar surface area (TPSA) is 19.7 Å². The van der Waals surface area contributed by atoms with Crippen molar-refractivity contribution >= 4 is 153 Å². The zero-order valence-corrected chi connectivity index (χ0v) is 53.8. The Morgan fingerprint density at radius 1 is 0.273 bits per heavy atom. The van der Waals surface area contributed by atoms with E-state index in [2.05, 4.69) is 163 Å². The standard InChI is InChI=1S/C94H63BN4/c1-94(2,3)60-56-85-89-86(57-60)99-91-62(59-30-8-5-9-31-59)45-27-47-76(91)68-37-13-11-33-64(68)66-35-15-17-43-74(66)88-84(97-81-50-24-20-40-71(81)72-41-21-25-51-82(72)97)55-53-78(93(88)99)95(89)77-52-54-83(96-79-48-22-18-38-69(79)70-39-19-23-49-80(70)96)87-73-42-16-14-34-65(73)63-32-10-12-36-67(63)75-46-26-44-61(58-28-6-4-7-29-58)90(75)98(85)92(77)87/h4-57H,1-3H3/i18D,19D,20D,21D,22D,23D,24D,25D,38D,39D,40D,41D,48D,49D,50D,51D. The molecule has 0 spiro atoms. The molecule has 462 valence electrons. The first kappa shape index (κ1) is 42.2. The number of hydrogen-bond acceptors (Lipinski definition) is 0. The van der Waals surface area contributed by atoms with Crippen molar-refractivity contribution in [3.63, 3.8) is 0 Å². The summed E-state index contributed by atoms with van der Waals surface area (Å²) in [4.78, 5) is 0. The second-order valence-electron chi connectivity index (χ2n) is 27.0. The zero-order chi connectivity index (χ0) is 79.3. The van der Waals surface area contributed by atoms with Gasteiger partial charge in [0.05, 0.1) is 77.4 Å². The summed E-state index contributed by atoms with van der Waals surface area (Å²) in [6.07, 6.45) is 0.